The Morgan fingerprint density at radius 1 is 1.14 bits per heavy atom. The van der Waals surface area contributed by atoms with E-state index in [0.717, 1.165) is 12.1 Å². The fourth-order valence-corrected chi connectivity index (χ4v) is 1.82. The van der Waals surface area contributed by atoms with E-state index >= 15 is 0 Å². The van der Waals surface area contributed by atoms with Crippen molar-refractivity contribution in [3.8, 4) is 0 Å². The molecule has 9 heteroatoms. The molecule has 0 aliphatic rings. The highest BCUT2D eigenvalue weighted by Crippen LogP contribution is 2.25. The van der Waals surface area contributed by atoms with E-state index < -0.39 is 27.2 Å². The number of carbonyl (C=O) groups excluding carboxylic acids is 2. The van der Waals surface area contributed by atoms with Crippen molar-refractivity contribution in [2.45, 2.75) is 25.7 Å². The predicted octanol–water partition coefficient (Wildman–Crippen LogP) is 1.96. The van der Waals surface area contributed by atoms with Gasteiger partial charge in [0.2, 0.25) is 0 Å². The van der Waals surface area contributed by atoms with Crippen LogP contribution in [0.2, 0.25) is 0 Å². The number of ketones is 1. The number of Topliss-reactive ketones (excluding diaryl/α,β-unsaturated/α-hetero) is 1. The molecule has 1 rings (SSSR count). The van der Waals surface area contributed by atoms with Crippen molar-refractivity contribution in [1.82, 2.24) is 0 Å². The second-order valence-corrected chi connectivity index (χ2v) is 4.47. The number of ether oxygens (including phenoxy) is 1. The van der Waals surface area contributed by atoms with Gasteiger partial charge in [0.15, 0.2) is 0 Å². The van der Waals surface area contributed by atoms with Gasteiger partial charge < -0.3 is 4.74 Å². The smallest absolute Gasteiger partial charge is 0.305 e. The molecule has 22 heavy (non-hydrogen) atoms. The molecule has 0 aromatic heterocycles. The first-order chi connectivity index (χ1) is 10.3. The van der Waals surface area contributed by atoms with Crippen molar-refractivity contribution >= 4 is 23.1 Å². The third-order valence-corrected chi connectivity index (χ3v) is 2.93. The second kappa shape index (κ2) is 7.81. The molecule has 0 aliphatic heterocycles. The molecule has 0 amide bonds. The van der Waals surface area contributed by atoms with Gasteiger partial charge in [-0.3, -0.25) is 29.8 Å². The molecule has 0 atom stereocenters. The summed E-state index contributed by atoms with van der Waals surface area (Å²) < 4.78 is 4.43. The number of hydrogen-bond acceptors (Lipinski definition) is 7. The molecule has 0 aliphatic carbocycles. The van der Waals surface area contributed by atoms with E-state index in [1.54, 1.807) is 0 Å². The molecule has 0 heterocycles. The Hall–Kier alpha value is -2.84. The van der Waals surface area contributed by atoms with Crippen LogP contribution in [0.15, 0.2) is 18.2 Å². The number of non-ortho nitro benzene ring substituents is 1. The van der Waals surface area contributed by atoms with Crippen LogP contribution >= 0.6 is 0 Å². The number of nitrogens with zero attached hydrogens (tertiary/aromatic N) is 2. The number of hydrogen-bond donors (Lipinski definition) is 0. The summed E-state index contributed by atoms with van der Waals surface area (Å²) >= 11 is 0. The summed E-state index contributed by atoms with van der Waals surface area (Å²) in [6.45, 7) is 0. The first-order valence-electron chi connectivity index (χ1n) is 6.35. The standard InChI is InChI=1S/C13H14N2O7/c1-22-13(17)4-2-3-11(16)7-9-5-6-10(14(18)19)8-12(9)15(20)21/h5-6,8H,2-4,7H2,1H3. The minimum atomic E-state index is -0.760. The molecule has 0 fully saturated rings. The molecule has 0 saturated heterocycles. The largest absolute Gasteiger partial charge is 0.469 e. The molecule has 1 aromatic rings. The van der Waals surface area contributed by atoms with Crippen LogP contribution < -0.4 is 0 Å². The monoisotopic (exact) mass is 310 g/mol. The van der Waals surface area contributed by atoms with E-state index in [1.165, 1.54) is 13.2 Å². The van der Waals surface area contributed by atoms with E-state index in [2.05, 4.69) is 4.74 Å². The Kier molecular flexibility index (Phi) is 6.11. The van der Waals surface area contributed by atoms with Gasteiger partial charge in [-0.2, -0.15) is 0 Å². The summed E-state index contributed by atoms with van der Waals surface area (Å²) in [6, 6.07) is 3.15. The van der Waals surface area contributed by atoms with E-state index in [-0.39, 0.29) is 37.0 Å². The predicted molar refractivity (Wildman–Crippen MR) is 74.3 cm³/mol. The number of nitro benzene ring substituents is 2. The van der Waals surface area contributed by atoms with Gasteiger partial charge in [-0.25, -0.2) is 0 Å². The molecule has 9 nitrogen and oxygen atoms in total. The van der Waals surface area contributed by atoms with Crippen LogP contribution in [0.5, 0.6) is 0 Å². The quantitative estimate of drug-likeness (QED) is 0.407. The minimum Gasteiger partial charge on any atom is -0.469 e. The highest BCUT2D eigenvalue weighted by molar-refractivity contribution is 5.82. The maximum Gasteiger partial charge on any atom is 0.305 e. The van der Waals surface area contributed by atoms with E-state index in [0.29, 0.717) is 0 Å². The summed E-state index contributed by atoms with van der Waals surface area (Å²) in [5, 5.41) is 21.5. The topological polar surface area (TPSA) is 130 Å². The zero-order valence-corrected chi connectivity index (χ0v) is 11.8. The molecule has 1 aromatic carbocycles. The maximum atomic E-state index is 11.8. The molecule has 0 spiro atoms. The number of benzene rings is 1. The van der Waals surface area contributed by atoms with Crippen molar-refractivity contribution in [3.05, 3.63) is 44.0 Å². The van der Waals surface area contributed by atoms with Crippen LogP contribution in [0, 0.1) is 20.2 Å². The fraction of sp³-hybridized carbons (Fsp3) is 0.385. The van der Waals surface area contributed by atoms with Gasteiger partial charge in [0.05, 0.1) is 23.0 Å². The number of methoxy groups -OCH3 is 1. The van der Waals surface area contributed by atoms with Crippen molar-refractivity contribution in [3.63, 3.8) is 0 Å². The normalized spacial score (nSPS) is 10.0. The highest BCUT2D eigenvalue weighted by Gasteiger charge is 2.21. The molecule has 0 saturated carbocycles. The van der Waals surface area contributed by atoms with Gasteiger partial charge in [-0.1, -0.05) is 0 Å². The van der Waals surface area contributed by atoms with E-state index in [1.807, 2.05) is 0 Å². The summed E-state index contributed by atoms with van der Waals surface area (Å²) in [5.74, 6) is -0.727. The van der Waals surface area contributed by atoms with Crippen LogP contribution in [-0.2, 0) is 20.7 Å². The van der Waals surface area contributed by atoms with Crippen LogP contribution in [0.3, 0.4) is 0 Å². The lowest BCUT2D eigenvalue weighted by Gasteiger charge is -2.03. The third-order valence-electron chi connectivity index (χ3n) is 2.93. The van der Waals surface area contributed by atoms with Gasteiger partial charge in [-0.05, 0) is 12.5 Å². The Morgan fingerprint density at radius 2 is 1.82 bits per heavy atom. The molecular formula is C13H14N2O7. The Morgan fingerprint density at radius 3 is 2.36 bits per heavy atom. The van der Waals surface area contributed by atoms with Gasteiger partial charge >= 0.3 is 5.97 Å². The lowest BCUT2D eigenvalue weighted by atomic mass is 10.0. The van der Waals surface area contributed by atoms with Crippen LogP contribution in [0.1, 0.15) is 24.8 Å². The SMILES string of the molecule is COC(=O)CCCC(=O)Cc1ccc([N+](=O)[O-])cc1[N+](=O)[O-]. The Bertz CT molecular complexity index is 612. The first kappa shape index (κ1) is 17.2. The first-order valence-corrected chi connectivity index (χ1v) is 6.35. The zero-order valence-electron chi connectivity index (χ0n) is 11.8. The molecule has 0 N–H and O–H groups in total. The van der Waals surface area contributed by atoms with Crippen LogP contribution in [-0.4, -0.2) is 28.7 Å². The van der Waals surface area contributed by atoms with Gasteiger partial charge in [-0.15, -0.1) is 0 Å². The van der Waals surface area contributed by atoms with Crippen LogP contribution in [0.4, 0.5) is 11.4 Å². The second-order valence-electron chi connectivity index (χ2n) is 4.47. The third kappa shape index (κ3) is 4.93. The Labute approximate surface area is 125 Å². The number of rotatable bonds is 8. The molecule has 0 unspecified atom stereocenters. The molecule has 0 bridgehead atoms. The van der Waals surface area contributed by atoms with Gasteiger partial charge in [0, 0.05) is 30.9 Å². The molecular weight excluding hydrogens is 296 g/mol. The van der Waals surface area contributed by atoms with Crippen molar-refractivity contribution in [1.29, 1.82) is 0 Å². The average molecular weight is 310 g/mol. The van der Waals surface area contributed by atoms with Gasteiger partial charge in [0.25, 0.3) is 11.4 Å². The summed E-state index contributed by atoms with van der Waals surface area (Å²) in [4.78, 5) is 42.7. The Balaban J connectivity index is 2.76. The van der Waals surface area contributed by atoms with Crippen molar-refractivity contribution in [2.24, 2.45) is 0 Å². The van der Waals surface area contributed by atoms with E-state index in [4.69, 9.17) is 0 Å². The summed E-state index contributed by atoms with van der Waals surface area (Å²) in [6.07, 6.45) is 0.232. The molecule has 118 valence electrons. The van der Waals surface area contributed by atoms with E-state index in [9.17, 15) is 29.8 Å². The highest BCUT2D eigenvalue weighted by atomic mass is 16.6. The fourth-order valence-electron chi connectivity index (χ4n) is 1.82. The lowest BCUT2D eigenvalue weighted by molar-refractivity contribution is -0.394. The van der Waals surface area contributed by atoms with Crippen LogP contribution in [0.25, 0.3) is 0 Å². The minimum absolute atomic E-state index is 0.0727. The summed E-state index contributed by atoms with van der Waals surface area (Å²) in [7, 11) is 1.24. The number of nitro groups is 2. The molecule has 0 radical (unpaired) electrons. The van der Waals surface area contributed by atoms with Crippen molar-refractivity contribution in [2.75, 3.05) is 7.11 Å². The van der Waals surface area contributed by atoms with Crippen molar-refractivity contribution < 1.29 is 24.2 Å². The lowest BCUT2D eigenvalue weighted by Crippen LogP contribution is -2.07. The average Bonchev–Trinajstić information content (AvgIpc) is 2.46. The maximum absolute atomic E-state index is 11.8. The number of carbonyl (C=O) groups is 2. The number of esters is 1. The van der Waals surface area contributed by atoms with Gasteiger partial charge in [0.1, 0.15) is 5.78 Å². The zero-order chi connectivity index (χ0) is 16.7. The summed E-state index contributed by atoms with van der Waals surface area (Å²) in [5.41, 5.74) is -0.761.